The Labute approximate surface area is 197 Å². The third-order valence-corrected chi connectivity index (χ3v) is 8.00. The first-order chi connectivity index (χ1) is 16.0. The van der Waals surface area contributed by atoms with Gasteiger partial charge in [-0.1, -0.05) is 49.3 Å². The van der Waals surface area contributed by atoms with Crippen molar-refractivity contribution in [1.29, 1.82) is 0 Å². The number of halogens is 1. The van der Waals surface area contributed by atoms with Crippen molar-refractivity contribution in [1.82, 2.24) is 24.9 Å². The van der Waals surface area contributed by atoms with Gasteiger partial charge in [0.15, 0.2) is 28.4 Å². The smallest absolute Gasteiger partial charge is 0.237 e. The quantitative estimate of drug-likeness (QED) is 0.365. The van der Waals surface area contributed by atoms with Crippen LogP contribution in [0.25, 0.3) is 0 Å². The summed E-state index contributed by atoms with van der Waals surface area (Å²) in [7, 11) is 0. The Kier molecular flexibility index (Phi) is 6.40. The Morgan fingerprint density at radius 2 is 2.03 bits per heavy atom. The largest absolute Gasteiger partial charge is 0.483 e. The number of fused-ring (bicyclic) bond motifs is 2. The molecule has 9 heteroatoms. The lowest BCUT2D eigenvalue weighted by Crippen LogP contribution is -2.24. The lowest BCUT2D eigenvalue weighted by molar-refractivity contribution is 0.215. The molecule has 2 heterocycles. The van der Waals surface area contributed by atoms with Gasteiger partial charge in [-0.3, -0.25) is 4.57 Å². The third-order valence-electron chi connectivity index (χ3n) is 7.07. The summed E-state index contributed by atoms with van der Waals surface area (Å²) in [4.78, 5) is 4.48. The van der Waals surface area contributed by atoms with Crippen LogP contribution in [0.15, 0.2) is 33.9 Å². The lowest BCUT2D eigenvalue weighted by atomic mass is 9.84. The van der Waals surface area contributed by atoms with Crippen LogP contribution in [0, 0.1) is 23.6 Å². The number of para-hydroxylation sites is 1. The van der Waals surface area contributed by atoms with Crippen molar-refractivity contribution in [3.8, 4) is 5.75 Å². The molecule has 0 aliphatic heterocycles. The summed E-state index contributed by atoms with van der Waals surface area (Å²) in [5.74, 6) is 4.79. The van der Waals surface area contributed by atoms with Crippen molar-refractivity contribution in [3.05, 3.63) is 47.6 Å². The number of nitrogens with zero attached hydrogens (tertiary/aromatic N) is 5. The molecule has 4 atom stereocenters. The van der Waals surface area contributed by atoms with Crippen LogP contribution in [0.1, 0.15) is 76.0 Å². The van der Waals surface area contributed by atoms with Crippen LogP contribution in [0.2, 0.25) is 0 Å². The molecule has 5 rings (SSSR count). The minimum absolute atomic E-state index is 0.164. The number of thioether (sulfide) groups is 1. The summed E-state index contributed by atoms with van der Waals surface area (Å²) >= 11 is 1.54. The number of benzene rings is 1. The summed E-state index contributed by atoms with van der Waals surface area (Å²) in [6, 6.07) is 6.69. The maximum atomic E-state index is 14.1. The van der Waals surface area contributed by atoms with Crippen LogP contribution < -0.4 is 4.74 Å². The molecule has 3 aromatic rings. The molecule has 7 nitrogen and oxygen atoms in total. The van der Waals surface area contributed by atoms with Crippen molar-refractivity contribution < 1.29 is 13.7 Å². The van der Waals surface area contributed by atoms with Gasteiger partial charge in [-0.25, -0.2) is 4.39 Å². The van der Waals surface area contributed by atoms with Gasteiger partial charge < -0.3 is 9.26 Å². The van der Waals surface area contributed by atoms with Gasteiger partial charge in [0.1, 0.15) is 6.61 Å². The average molecular weight is 472 g/mol. The van der Waals surface area contributed by atoms with Crippen molar-refractivity contribution >= 4 is 11.8 Å². The van der Waals surface area contributed by atoms with E-state index in [0.29, 0.717) is 29.2 Å². The highest BCUT2D eigenvalue weighted by Crippen LogP contribution is 2.52. The SMILES string of the molecule is CC(C)c1noc(CSc2nnc(COc3ccccc3F)n2C(C)C2CC3CCC2C3)n1. The van der Waals surface area contributed by atoms with E-state index in [1.807, 2.05) is 13.8 Å². The fraction of sp³-hybridized carbons (Fsp3) is 0.583. The first-order valence-electron chi connectivity index (χ1n) is 11.8. The molecular formula is C24H30FN5O2S. The monoisotopic (exact) mass is 471 g/mol. The predicted molar refractivity (Wildman–Crippen MR) is 122 cm³/mol. The summed E-state index contributed by atoms with van der Waals surface area (Å²) in [5, 5.41) is 13.8. The van der Waals surface area contributed by atoms with E-state index < -0.39 is 0 Å². The molecule has 33 heavy (non-hydrogen) atoms. The Hall–Kier alpha value is -2.42. The van der Waals surface area contributed by atoms with Gasteiger partial charge in [0.25, 0.3) is 0 Å². The molecule has 2 bridgehead atoms. The van der Waals surface area contributed by atoms with Gasteiger partial charge in [-0.05, 0) is 56.1 Å². The van der Waals surface area contributed by atoms with E-state index >= 15 is 0 Å². The Balaban J connectivity index is 1.37. The predicted octanol–water partition coefficient (Wildman–Crippen LogP) is 5.79. The van der Waals surface area contributed by atoms with Gasteiger partial charge in [-0.15, -0.1) is 10.2 Å². The van der Waals surface area contributed by atoms with Gasteiger partial charge >= 0.3 is 0 Å². The second kappa shape index (κ2) is 9.44. The van der Waals surface area contributed by atoms with E-state index in [-0.39, 0.29) is 30.1 Å². The van der Waals surface area contributed by atoms with Gasteiger partial charge in [-0.2, -0.15) is 4.98 Å². The molecule has 0 saturated heterocycles. The van der Waals surface area contributed by atoms with E-state index in [1.54, 1.807) is 30.0 Å². The molecule has 2 aromatic heterocycles. The topological polar surface area (TPSA) is 78.9 Å². The number of rotatable bonds is 9. The van der Waals surface area contributed by atoms with Crippen molar-refractivity contribution in [2.75, 3.05) is 0 Å². The van der Waals surface area contributed by atoms with E-state index in [9.17, 15) is 4.39 Å². The van der Waals surface area contributed by atoms with Crippen molar-refractivity contribution in [2.45, 2.75) is 75.9 Å². The number of hydrogen-bond acceptors (Lipinski definition) is 7. The standard InChI is InChI=1S/C24H30FN5O2S/c1-14(2)23-26-22(32-29-23)13-33-24-28-27-21(12-31-20-7-5-4-6-19(20)25)30(24)15(3)18-11-16-8-9-17(18)10-16/h4-7,14-18H,8-13H2,1-3H3. The first kappa shape index (κ1) is 22.4. The summed E-state index contributed by atoms with van der Waals surface area (Å²) in [6.45, 7) is 6.50. The van der Waals surface area contributed by atoms with E-state index in [1.165, 1.54) is 31.7 Å². The molecule has 0 spiro atoms. The van der Waals surface area contributed by atoms with E-state index in [4.69, 9.17) is 9.26 Å². The maximum Gasteiger partial charge on any atom is 0.237 e. The molecule has 1 aromatic carbocycles. The molecule has 2 fully saturated rings. The second-order valence-corrected chi connectivity index (χ2v) is 10.5. The highest BCUT2D eigenvalue weighted by Gasteiger charge is 2.43. The van der Waals surface area contributed by atoms with Crippen LogP contribution in [-0.2, 0) is 12.4 Å². The Morgan fingerprint density at radius 3 is 2.73 bits per heavy atom. The summed E-state index contributed by atoms with van der Waals surface area (Å²) in [6.07, 6.45) is 5.26. The zero-order chi connectivity index (χ0) is 22.9. The van der Waals surface area contributed by atoms with Crippen LogP contribution in [0.5, 0.6) is 5.75 Å². The van der Waals surface area contributed by atoms with E-state index in [0.717, 1.165) is 17.0 Å². The highest BCUT2D eigenvalue weighted by atomic mass is 32.2. The van der Waals surface area contributed by atoms with E-state index in [2.05, 4.69) is 31.8 Å². The minimum atomic E-state index is -0.378. The maximum absolute atomic E-state index is 14.1. The molecule has 4 unspecified atom stereocenters. The summed E-state index contributed by atoms with van der Waals surface area (Å²) in [5.41, 5.74) is 0. The van der Waals surface area contributed by atoms with Gasteiger partial charge in [0, 0.05) is 12.0 Å². The molecular weight excluding hydrogens is 441 g/mol. The van der Waals surface area contributed by atoms with Gasteiger partial charge in [0.05, 0.1) is 5.75 Å². The molecule has 2 saturated carbocycles. The second-order valence-electron chi connectivity index (χ2n) is 9.56. The van der Waals surface area contributed by atoms with Crippen molar-refractivity contribution in [3.63, 3.8) is 0 Å². The lowest BCUT2D eigenvalue weighted by Gasteiger charge is -2.30. The highest BCUT2D eigenvalue weighted by molar-refractivity contribution is 7.98. The fourth-order valence-corrected chi connectivity index (χ4v) is 6.26. The molecule has 0 N–H and O–H groups in total. The average Bonchev–Trinajstić information content (AvgIpc) is 3.60. The number of ether oxygens (including phenoxy) is 1. The normalized spacial score (nSPS) is 22.9. The Bertz CT molecular complexity index is 1100. The fourth-order valence-electron chi connectivity index (χ4n) is 5.38. The minimum Gasteiger partial charge on any atom is -0.483 e. The molecule has 0 radical (unpaired) electrons. The van der Waals surface area contributed by atoms with Crippen LogP contribution in [0.3, 0.4) is 0 Å². The van der Waals surface area contributed by atoms with Crippen LogP contribution in [-0.4, -0.2) is 24.9 Å². The molecule has 2 aliphatic rings. The van der Waals surface area contributed by atoms with Crippen molar-refractivity contribution in [2.24, 2.45) is 17.8 Å². The molecule has 2 aliphatic carbocycles. The molecule has 176 valence electrons. The third kappa shape index (κ3) is 4.65. The van der Waals surface area contributed by atoms with Crippen LogP contribution in [0.4, 0.5) is 4.39 Å². The number of hydrogen-bond donors (Lipinski definition) is 0. The molecule has 0 amide bonds. The zero-order valence-electron chi connectivity index (χ0n) is 19.3. The number of aromatic nitrogens is 5. The van der Waals surface area contributed by atoms with Crippen LogP contribution >= 0.6 is 11.8 Å². The summed E-state index contributed by atoms with van der Waals surface area (Å²) < 4.78 is 27.5. The Morgan fingerprint density at radius 1 is 1.18 bits per heavy atom. The zero-order valence-corrected chi connectivity index (χ0v) is 20.1. The first-order valence-corrected chi connectivity index (χ1v) is 12.7. The van der Waals surface area contributed by atoms with Gasteiger partial charge in [0.2, 0.25) is 5.89 Å².